The Labute approximate surface area is 145 Å². The van der Waals surface area contributed by atoms with Gasteiger partial charge in [0.15, 0.2) is 0 Å². The molecule has 0 fully saturated rings. The Kier molecular flexibility index (Phi) is 4.77. The van der Waals surface area contributed by atoms with E-state index in [0.717, 1.165) is 11.3 Å². The highest BCUT2D eigenvalue weighted by molar-refractivity contribution is 6.34. The zero-order chi connectivity index (χ0) is 16.9. The van der Waals surface area contributed by atoms with Crippen molar-refractivity contribution in [3.8, 4) is 0 Å². The monoisotopic (exact) mass is 337 g/mol. The van der Waals surface area contributed by atoms with E-state index in [1.165, 1.54) is 0 Å². The number of hydrogen-bond acceptors (Lipinski definition) is 3. The fourth-order valence-corrected chi connectivity index (χ4v) is 2.48. The molecule has 0 aliphatic carbocycles. The maximum absolute atomic E-state index is 12.6. The minimum absolute atomic E-state index is 0.272. The van der Waals surface area contributed by atoms with Crippen LogP contribution in [0.4, 0.5) is 17.2 Å². The number of para-hydroxylation sites is 1. The predicted octanol–water partition coefficient (Wildman–Crippen LogP) is 5.04. The smallest absolute Gasteiger partial charge is 0.259 e. The van der Waals surface area contributed by atoms with Crippen LogP contribution in [0.25, 0.3) is 0 Å². The van der Waals surface area contributed by atoms with Gasteiger partial charge in [-0.25, -0.2) is 4.98 Å². The minimum atomic E-state index is -0.272. The highest BCUT2D eigenvalue weighted by Crippen LogP contribution is 2.24. The van der Waals surface area contributed by atoms with E-state index in [1.54, 1.807) is 30.5 Å². The molecule has 0 saturated heterocycles. The van der Waals surface area contributed by atoms with Gasteiger partial charge in [-0.1, -0.05) is 35.9 Å². The first-order chi connectivity index (χ1) is 11.6. The van der Waals surface area contributed by atoms with Crippen molar-refractivity contribution >= 4 is 34.7 Å². The summed E-state index contributed by atoms with van der Waals surface area (Å²) in [5, 5.41) is 6.49. The zero-order valence-electron chi connectivity index (χ0n) is 13.1. The Balaban J connectivity index is 1.86. The largest absolute Gasteiger partial charge is 0.340 e. The van der Waals surface area contributed by atoms with Gasteiger partial charge in [-0.05, 0) is 48.9 Å². The first kappa shape index (κ1) is 16.0. The topological polar surface area (TPSA) is 54.0 Å². The molecule has 0 saturated carbocycles. The van der Waals surface area contributed by atoms with Crippen LogP contribution in [0, 0.1) is 6.92 Å². The summed E-state index contributed by atoms with van der Waals surface area (Å²) in [6.07, 6.45) is 1.64. The van der Waals surface area contributed by atoms with Crippen molar-refractivity contribution in [1.82, 2.24) is 4.98 Å². The number of aryl methyl sites for hydroxylation is 1. The number of carbonyl (C=O) groups excluding carboxylic acids is 1. The van der Waals surface area contributed by atoms with E-state index < -0.39 is 0 Å². The first-order valence-electron chi connectivity index (χ1n) is 7.48. The number of nitrogens with zero attached hydrogens (tertiary/aromatic N) is 1. The van der Waals surface area contributed by atoms with Crippen LogP contribution in [0.15, 0.2) is 66.9 Å². The van der Waals surface area contributed by atoms with Crippen LogP contribution >= 0.6 is 11.6 Å². The summed E-state index contributed by atoms with van der Waals surface area (Å²) in [5.41, 5.74) is 3.01. The van der Waals surface area contributed by atoms with Gasteiger partial charge < -0.3 is 10.6 Å². The lowest BCUT2D eigenvalue weighted by molar-refractivity contribution is 0.102. The standard InChI is InChI=1S/C19H16ClN3O/c1-13-6-4-7-14(12-13)22-18-15(8-5-11-21-18)19(24)23-17-10-3-2-9-16(17)20/h2-12H,1H3,(H,21,22)(H,23,24). The van der Waals surface area contributed by atoms with Gasteiger partial charge in [0.2, 0.25) is 0 Å². The van der Waals surface area contributed by atoms with Gasteiger partial charge in [0.25, 0.3) is 5.91 Å². The average molecular weight is 338 g/mol. The van der Waals surface area contributed by atoms with E-state index in [1.807, 2.05) is 43.3 Å². The molecule has 0 bridgehead atoms. The van der Waals surface area contributed by atoms with Gasteiger partial charge >= 0.3 is 0 Å². The number of anilines is 3. The van der Waals surface area contributed by atoms with E-state index >= 15 is 0 Å². The Bertz CT molecular complexity index is 880. The fraction of sp³-hybridized carbons (Fsp3) is 0.0526. The zero-order valence-corrected chi connectivity index (χ0v) is 13.8. The van der Waals surface area contributed by atoms with Crippen molar-refractivity contribution in [3.63, 3.8) is 0 Å². The lowest BCUT2D eigenvalue weighted by Crippen LogP contribution is -2.14. The molecule has 24 heavy (non-hydrogen) atoms. The van der Waals surface area contributed by atoms with Crippen molar-refractivity contribution in [2.45, 2.75) is 6.92 Å². The number of halogens is 1. The maximum atomic E-state index is 12.6. The number of rotatable bonds is 4. The molecule has 2 N–H and O–H groups in total. The van der Waals surface area contributed by atoms with Crippen molar-refractivity contribution in [1.29, 1.82) is 0 Å². The van der Waals surface area contributed by atoms with Gasteiger partial charge in [0, 0.05) is 11.9 Å². The number of pyridine rings is 1. The molecule has 0 radical (unpaired) electrons. The summed E-state index contributed by atoms with van der Waals surface area (Å²) in [6, 6.07) is 18.4. The molecule has 1 amide bonds. The molecular weight excluding hydrogens is 322 g/mol. The summed E-state index contributed by atoms with van der Waals surface area (Å²) in [7, 11) is 0. The van der Waals surface area contributed by atoms with Gasteiger partial charge in [-0.15, -0.1) is 0 Å². The molecule has 3 rings (SSSR count). The highest BCUT2D eigenvalue weighted by atomic mass is 35.5. The Morgan fingerprint density at radius 2 is 1.88 bits per heavy atom. The van der Waals surface area contributed by atoms with Crippen molar-refractivity contribution in [3.05, 3.63) is 83.0 Å². The summed E-state index contributed by atoms with van der Waals surface area (Å²) < 4.78 is 0. The van der Waals surface area contributed by atoms with Crippen LogP contribution in [-0.2, 0) is 0 Å². The van der Waals surface area contributed by atoms with Gasteiger partial charge in [-0.2, -0.15) is 0 Å². The van der Waals surface area contributed by atoms with Crippen LogP contribution in [0.5, 0.6) is 0 Å². The van der Waals surface area contributed by atoms with Gasteiger partial charge in [-0.3, -0.25) is 4.79 Å². The fourth-order valence-electron chi connectivity index (χ4n) is 2.30. The predicted molar refractivity (Wildman–Crippen MR) is 98.1 cm³/mol. The van der Waals surface area contributed by atoms with E-state index in [4.69, 9.17) is 11.6 Å². The third-order valence-corrected chi connectivity index (χ3v) is 3.78. The number of aromatic nitrogens is 1. The number of amides is 1. The Hall–Kier alpha value is -2.85. The molecule has 3 aromatic rings. The molecule has 0 unspecified atom stereocenters. The Morgan fingerprint density at radius 1 is 1.04 bits per heavy atom. The molecule has 0 aliphatic rings. The van der Waals surface area contributed by atoms with E-state index in [-0.39, 0.29) is 5.91 Å². The number of benzene rings is 2. The van der Waals surface area contributed by atoms with E-state index in [9.17, 15) is 4.79 Å². The molecule has 120 valence electrons. The molecule has 4 nitrogen and oxygen atoms in total. The molecule has 0 atom stereocenters. The van der Waals surface area contributed by atoms with Crippen LogP contribution in [0.3, 0.4) is 0 Å². The van der Waals surface area contributed by atoms with E-state index in [0.29, 0.717) is 22.1 Å². The van der Waals surface area contributed by atoms with Gasteiger partial charge in [0.05, 0.1) is 16.3 Å². The first-order valence-corrected chi connectivity index (χ1v) is 7.86. The molecular formula is C19H16ClN3O. The van der Waals surface area contributed by atoms with Crippen LogP contribution < -0.4 is 10.6 Å². The molecule has 5 heteroatoms. The molecule has 0 spiro atoms. The van der Waals surface area contributed by atoms with Crippen LogP contribution in [-0.4, -0.2) is 10.9 Å². The number of hydrogen-bond donors (Lipinski definition) is 2. The van der Waals surface area contributed by atoms with Crippen molar-refractivity contribution in [2.75, 3.05) is 10.6 Å². The van der Waals surface area contributed by atoms with Crippen molar-refractivity contribution < 1.29 is 4.79 Å². The second-order valence-electron chi connectivity index (χ2n) is 5.33. The second-order valence-corrected chi connectivity index (χ2v) is 5.74. The van der Waals surface area contributed by atoms with E-state index in [2.05, 4.69) is 15.6 Å². The molecule has 1 heterocycles. The SMILES string of the molecule is Cc1cccc(Nc2ncccc2C(=O)Nc2ccccc2Cl)c1. The number of nitrogens with one attached hydrogen (secondary N) is 2. The summed E-state index contributed by atoms with van der Waals surface area (Å²) >= 11 is 6.10. The van der Waals surface area contributed by atoms with Crippen LogP contribution in [0.2, 0.25) is 5.02 Å². The summed E-state index contributed by atoms with van der Waals surface area (Å²) in [5.74, 6) is 0.221. The molecule has 0 aliphatic heterocycles. The quantitative estimate of drug-likeness (QED) is 0.701. The normalized spacial score (nSPS) is 10.2. The maximum Gasteiger partial charge on any atom is 0.259 e. The second kappa shape index (κ2) is 7.15. The lowest BCUT2D eigenvalue weighted by Gasteiger charge is -2.12. The van der Waals surface area contributed by atoms with Crippen molar-refractivity contribution in [2.24, 2.45) is 0 Å². The summed E-state index contributed by atoms with van der Waals surface area (Å²) in [4.78, 5) is 16.9. The van der Waals surface area contributed by atoms with Crippen LogP contribution in [0.1, 0.15) is 15.9 Å². The third kappa shape index (κ3) is 3.73. The molecule has 1 aromatic heterocycles. The third-order valence-electron chi connectivity index (χ3n) is 3.46. The minimum Gasteiger partial charge on any atom is -0.340 e. The number of carbonyl (C=O) groups is 1. The highest BCUT2D eigenvalue weighted by Gasteiger charge is 2.14. The average Bonchev–Trinajstić information content (AvgIpc) is 2.57. The summed E-state index contributed by atoms with van der Waals surface area (Å²) in [6.45, 7) is 2.01. The Morgan fingerprint density at radius 3 is 2.67 bits per heavy atom. The lowest BCUT2D eigenvalue weighted by atomic mass is 10.2. The van der Waals surface area contributed by atoms with Gasteiger partial charge in [0.1, 0.15) is 5.82 Å². The molecule has 2 aromatic carbocycles.